The molecule has 1 aliphatic heterocycles. The maximum atomic E-state index is 13.1. The molecule has 1 aromatic carbocycles. The number of aromatic amines is 1. The maximum Gasteiger partial charge on any atom is 0.321 e. The summed E-state index contributed by atoms with van der Waals surface area (Å²) in [6.45, 7) is 0.801. The summed E-state index contributed by atoms with van der Waals surface area (Å²) >= 11 is 0. The van der Waals surface area contributed by atoms with E-state index in [1.54, 1.807) is 17.2 Å². The number of aromatic nitrogens is 2. The molecule has 120 valence electrons. The van der Waals surface area contributed by atoms with Gasteiger partial charge in [-0.25, -0.2) is 9.18 Å². The zero-order chi connectivity index (χ0) is 16.2. The number of halogens is 1. The number of nitrogens with zero attached hydrogens (tertiary/aromatic N) is 2. The van der Waals surface area contributed by atoms with Crippen LogP contribution >= 0.6 is 0 Å². The van der Waals surface area contributed by atoms with E-state index in [2.05, 4.69) is 20.8 Å². The molecule has 3 amide bonds. The van der Waals surface area contributed by atoms with Crippen LogP contribution in [0.5, 0.6) is 0 Å². The smallest absolute Gasteiger partial charge is 0.321 e. The molecule has 0 bridgehead atoms. The largest absolute Gasteiger partial charge is 0.324 e. The predicted molar refractivity (Wildman–Crippen MR) is 82.3 cm³/mol. The van der Waals surface area contributed by atoms with Crippen LogP contribution in [0.15, 0.2) is 36.7 Å². The summed E-state index contributed by atoms with van der Waals surface area (Å²) in [5, 5.41) is 11.7. The van der Waals surface area contributed by atoms with Crippen molar-refractivity contribution in [1.82, 2.24) is 15.1 Å². The van der Waals surface area contributed by atoms with Gasteiger partial charge in [-0.1, -0.05) is 6.07 Å². The fraction of sp³-hybridized carbons (Fsp3) is 0.267. The minimum Gasteiger partial charge on any atom is -0.324 e. The average molecular weight is 317 g/mol. The van der Waals surface area contributed by atoms with Gasteiger partial charge in [-0.3, -0.25) is 9.89 Å². The van der Waals surface area contributed by atoms with Crippen LogP contribution in [0.2, 0.25) is 0 Å². The van der Waals surface area contributed by atoms with Gasteiger partial charge in [-0.05, 0) is 24.6 Å². The Hall–Kier alpha value is -2.90. The number of H-pyrrole nitrogens is 1. The predicted octanol–water partition coefficient (Wildman–Crippen LogP) is 2.04. The Balaban J connectivity index is 1.54. The summed E-state index contributed by atoms with van der Waals surface area (Å²) in [7, 11) is 0. The van der Waals surface area contributed by atoms with Gasteiger partial charge in [0.1, 0.15) is 5.82 Å². The van der Waals surface area contributed by atoms with E-state index >= 15 is 0 Å². The first-order valence-corrected chi connectivity index (χ1v) is 7.23. The minimum atomic E-state index is -0.415. The topological polar surface area (TPSA) is 90.1 Å². The van der Waals surface area contributed by atoms with E-state index in [0.717, 1.165) is 0 Å². The molecular formula is C15H16FN5O2. The summed E-state index contributed by atoms with van der Waals surface area (Å²) in [6.07, 6.45) is 3.68. The highest BCUT2D eigenvalue weighted by Gasteiger charge is 2.31. The van der Waals surface area contributed by atoms with Crippen molar-refractivity contribution >= 4 is 23.3 Å². The normalized spacial score (nSPS) is 17.1. The number of hydrogen-bond acceptors (Lipinski definition) is 3. The van der Waals surface area contributed by atoms with Gasteiger partial charge in [0.15, 0.2) is 0 Å². The van der Waals surface area contributed by atoms with Crippen molar-refractivity contribution in [3.63, 3.8) is 0 Å². The Morgan fingerprint density at radius 3 is 2.91 bits per heavy atom. The quantitative estimate of drug-likeness (QED) is 0.809. The molecule has 3 rings (SSSR count). The molecule has 1 aliphatic rings. The molecule has 3 N–H and O–H groups in total. The summed E-state index contributed by atoms with van der Waals surface area (Å²) in [5.41, 5.74) is 0.985. The summed E-state index contributed by atoms with van der Waals surface area (Å²) in [6, 6.07) is 5.35. The number of likely N-dealkylation sites (tertiary alicyclic amines) is 1. The molecule has 0 radical (unpaired) electrons. The fourth-order valence-corrected chi connectivity index (χ4v) is 2.49. The van der Waals surface area contributed by atoms with Gasteiger partial charge in [0, 0.05) is 25.0 Å². The summed E-state index contributed by atoms with van der Waals surface area (Å²) in [4.78, 5) is 25.8. The number of rotatable bonds is 3. The summed E-state index contributed by atoms with van der Waals surface area (Å²) in [5.74, 6) is -0.836. The minimum absolute atomic E-state index is 0.146. The second-order valence-electron chi connectivity index (χ2n) is 5.35. The molecule has 1 fully saturated rings. The first-order valence-electron chi connectivity index (χ1n) is 7.23. The highest BCUT2D eigenvalue weighted by molar-refractivity contribution is 5.94. The first kappa shape index (κ1) is 15.0. The molecule has 2 heterocycles. The van der Waals surface area contributed by atoms with Crippen LogP contribution in [0.1, 0.15) is 6.42 Å². The number of nitrogens with one attached hydrogen (secondary N) is 3. The Morgan fingerprint density at radius 1 is 1.30 bits per heavy atom. The molecule has 8 heteroatoms. The third-order valence-electron chi connectivity index (χ3n) is 3.69. The van der Waals surface area contributed by atoms with Gasteiger partial charge in [0.05, 0.1) is 17.8 Å². The number of urea groups is 1. The van der Waals surface area contributed by atoms with Crippen LogP contribution in [0.25, 0.3) is 0 Å². The van der Waals surface area contributed by atoms with E-state index in [1.165, 1.54) is 24.4 Å². The Kier molecular flexibility index (Phi) is 4.22. The number of carbonyl (C=O) groups excluding carboxylic acids is 2. The second kappa shape index (κ2) is 6.47. The van der Waals surface area contributed by atoms with Crippen molar-refractivity contribution in [2.45, 2.75) is 6.42 Å². The third kappa shape index (κ3) is 3.65. The van der Waals surface area contributed by atoms with Gasteiger partial charge >= 0.3 is 6.03 Å². The highest BCUT2D eigenvalue weighted by Crippen LogP contribution is 2.20. The van der Waals surface area contributed by atoms with Crippen molar-refractivity contribution < 1.29 is 14.0 Å². The second-order valence-corrected chi connectivity index (χ2v) is 5.35. The Labute approximate surface area is 131 Å². The van der Waals surface area contributed by atoms with E-state index in [0.29, 0.717) is 30.9 Å². The third-order valence-corrected chi connectivity index (χ3v) is 3.69. The average Bonchev–Trinajstić information content (AvgIpc) is 3.18. The van der Waals surface area contributed by atoms with Crippen molar-refractivity contribution in [3.05, 3.63) is 42.5 Å². The maximum absolute atomic E-state index is 13.1. The lowest BCUT2D eigenvalue weighted by Crippen LogP contribution is -2.34. The standard InChI is InChI=1S/C15H16FN5O2/c16-11-2-1-3-12(6-11)20-15(23)21-5-4-10(9-21)14(22)19-13-7-17-18-8-13/h1-3,6-8,10H,4-5,9H2,(H,17,18)(H,19,22)(H,20,23)/t10-/m0/s1. The zero-order valence-electron chi connectivity index (χ0n) is 12.3. The lowest BCUT2D eigenvalue weighted by Gasteiger charge is -2.17. The van der Waals surface area contributed by atoms with Crippen LogP contribution in [-0.4, -0.2) is 40.1 Å². The van der Waals surface area contributed by atoms with Crippen molar-refractivity contribution in [2.24, 2.45) is 5.92 Å². The molecule has 7 nitrogen and oxygen atoms in total. The monoisotopic (exact) mass is 317 g/mol. The molecule has 1 atom stereocenters. The van der Waals surface area contributed by atoms with Crippen LogP contribution in [0.4, 0.5) is 20.6 Å². The highest BCUT2D eigenvalue weighted by atomic mass is 19.1. The van der Waals surface area contributed by atoms with Gasteiger partial charge < -0.3 is 15.5 Å². The van der Waals surface area contributed by atoms with E-state index < -0.39 is 5.82 Å². The number of amides is 3. The molecule has 1 aromatic heterocycles. The van der Waals surface area contributed by atoms with E-state index in [9.17, 15) is 14.0 Å². The molecular weight excluding hydrogens is 301 g/mol. The lowest BCUT2D eigenvalue weighted by atomic mass is 10.1. The number of benzene rings is 1. The van der Waals surface area contributed by atoms with Gasteiger partial charge in [-0.15, -0.1) is 0 Å². The molecule has 23 heavy (non-hydrogen) atoms. The van der Waals surface area contributed by atoms with Gasteiger partial charge in [0.25, 0.3) is 0 Å². The number of hydrogen-bond donors (Lipinski definition) is 3. The summed E-state index contributed by atoms with van der Waals surface area (Å²) < 4.78 is 13.1. The Morgan fingerprint density at radius 2 is 2.17 bits per heavy atom. The van der Waals surface area contributed by atoms with E-state index in [1.807, 2.05) is 0 Å². The molecule has 0 aliphatic carbocycles. The van der Waals surface area contributed by atoms with Crippen LogP contribution in [0.3, 0.4) is 0 Å². The first-order chi connectivity index (χ1) is 11.1. The molecule has 0 unspecified atom stereocenters. The molecule has 2 aromatic rings. The van der Waals surface area contributed by atoms with Crippen LogP contribution < -0.4 is 10.6 Å². The lowest BCUT2D eigenvalue weighted by molar-refractivity contribution is -0.119. The van der Waals surface area contributed by atoms with Crippen molar-refractivity contribution in [2.75, 3.05) is 23.7 Å². The fourth-order valence-electron chi connectivity index (χ4n) is 2.49. The van der Waals surface area contributed by atoms with E-state index in [4.69, 9.17) is 0 Å². The van der Waals surface area contributed by atoms with Gasteiger partial charge in [0.2, 0.25) is 5.91 Å². The molecule has 0 spiro atoms. The van der Waals surface area contributed by atoms with Crippen molar-refractivity contribution in [1.29, 1.82) is 0 Å². The van der Waals surface area contributed by atoms with E-state index in [-0.39, 0.29) is 17.9 Å². The Bertz CT molecular complexity index is 704. The molecule has 0 saturated carbocycles. The van der Waals surface area contributed by atoms with Gasteiger partial charge in [-0.2, -0.15) is 5.10 Å². The number of carbonyl (C=O) groups is 2. The number of anilines is 2. The van der Waals surface area contributed by atoms with Crippen molar-refractivity contribution in [3.8, 4) is 0 Å². The van der Waals surface area contributed by atoms with Crippen LogP contribution in [-0.2, 0) is 4.79 Å². The molecule has 1 saturated heterocycles. The SMILES string of the molecule is O=C(Nc1cn[nH]c1)[C@H]1CCN(C(=O)Nc2cccc(F)c2)C1. The van der Waals surface area contributed by atoms with Crippen LogP contribution in [0, 0.1) is 11.7 Å². The zero-order valence-corrected chi connectivity index (χ0v) is 12.3.